The van der Waals surface area contributed by atoms with Crippen LogP contribution >= 0.6 is 24.0 Å². The first-order valence-electron chi connectivity index (χ1n) is 7.03. The topological polar surface area (TPSA) is 73.6 Å². The molecule has 5 nitrogen and oxygen atoms in total. The minimum atomic E-state index is -0.0562. The van der Waals surface area contributed by atoms with Crippen LogP contribution in [0.5, 0.6) is 11.5 Å². The summed E-state index contributed by atoms with van der Waals surface area (Å²) in [6.45, 7) is 0. The molecular formula is C15H22Cl2N2O3. The predicted octanol–water partition coefficient (Wildman–Crippen LogP) is 3.24. The highest BCUT2D eigenvalue weighted by molar-refractivity contribution is 6.32. The van der Waals surface area contributed by atoms with Crippen LogP contribution in [0.2, 0.25) is 5.02 Å². The Morgan fingerprint density at radius 3 is 2.55 bits per heavy atom. The molecular weight excluding hydrogens is 327 g/mol. The first-order valence-corrected chi connectivity index (χ1v) is 7.41. The van der Waals surface area contributed by atoms with Crippen molar-refractivity contribution in [1.82, 2.24) is 0 Å². The Bertz CT molecular complexity index is 526. The summed E-state index contributed by atoms with van der Waals surface area (Å²) in [4.78, 5) is 12.4. The smallest absolute Gasteiger partial charge is 0.227 e. The summed E-state index contributed by atoms with van der Waals surface area (Å²) in [6.07, 6.45) is 3.56. The van der Waals surface area contributed by atoms with E-state index in [2.05, 4.69) is 5.32 Å². The number of anilines is 1. The number of nitrogens with two attached hydrogens (primary N) is 1. The molecule has 2 rings (SSSR count). The van der Waals surface area contributed by atoms with Gasteiger partial charge in [0.2, 0.25) is 5.91 Å². The summed E-state index contributed by atoms with van der Waals surface area (Å²) in [5.41, 5.74) is 6.48. The third-order valence-electron chi connectivity index (χ3n) is 3.82. The number of carbonyl (C=O) groups excluding carboxylic acids is 1. The Morgan fingerprint density at radius 2 is 1.95 bits per heavy atom. The molecule has 1 aliphatic rings. The van der Waals surface area contributed by atoms with E-state index in [0.29, 0.717) is 22.2 Å². The van der Waals surface area contributed by atoms with Crippen molar-refractivity contribution in [2.75, 3.05) is 19.5 Å². The monoisotopic (exact) mass is 348 g/mol. The fourth-order valence-corrected chi connectivity index (χ4v) is 2.90. The quantitative estimate of drug-likeness (QED) is 0.875. The van der Waals surface area contributed by atoms with Gasteiger partial charge in [-0.15, -0.1) is 12.4 Å². The van der Waals surface area contributed by atoms with E-state index >= 15 is 0 Å². The third-order valence-corrected chi connectivity index (χ3v) is 4.11. The molecule has 1 saturated carbocycles. The summed E-state index contributed by atoms with van der Waals surface area (Å²) in [6, 6.07) is 3.40. The van der Waals surface area contributed by atoms with Gasteiger partial charge >= 0.3 is 0 Å². The van der Waals surface area contributed by atoms with Crippen LogP contribution in [0.3, 0.4) is 0 Å². The van der Waals surface area contributed by atoms with Gasteiger partial charge in [-0.2, -0.15) is 0 Å². The van der Waals surface area contributed by atoms with E-state index in [1.807, 2.05) is 0 Å². The van der Waals surface area contributed by atoms with Crippen LogP contribution in [0.4, 0.5) is 5.69 Å². The molecule has 0 radical (unpaired) electrons. The minimum Gasteiger partial charge on any atom is -0.495 e. The van der Waals surface area contributed by atoms with Crippen molar-refractivity contribution in [3.05, 3.63) is 17.2 Å². The Labute approximate surface area is 141 Å². The number of benzene rings is 1. The average Bonchev–Trinajstić information content (AvgIpc) is 2.47. The number of carbonyl (C=O) groups is 1. The van der Waals surface area contributed by atoms with E-state index in [1.54, 1.807) is 12.1 Å². The van der Waals surface area contributed by atoms with Gasteiger partial charge in [0, 0.05) is 18.0 Å². The maximum atomic E-state index is 12.4. The van der Waals surface area contributed by atoms with E-state index in [1.165, 1.54) is 14.2 Å². The molecule has 1 aromatic rings. The van der Waals surface area contributed by atoms with Gasteiger partial charge in [0.25, 0.3) is 0 Å². The average molecular weight is 349 g/mol. The highest BCUT2D eigenvalue weighted by atomic mass is 35.5. The van der Waals surface area contributed by atoms with Crippen LogP contribution in [-0.2, 0) is 4.79 Å². The van der Waals surface area contributed by atoms with Crippen LogP contribution in [-0.4, -0.2) is 26.2 Å². The highest BCUT2D eigenvalue weighted by Crippen LogP contribution is 2.36. The zero-order valence-corrected chi connectivity index (χ0v) is 14.3. The van der Waals surface area contributed by atoms with Crippen LogP contribution in [0, 0.1) is 5.92 Å². The van der Waals surface area contributed by atoms with Crippen LogP contribution in [0.15, 0.2) is 12.1 Å². The second-order valence-corrected chi connectivity index (χ2v) is 5.71. The lowest BCUT2D eigenvalue weighted by atomic mass is 9.85. The summed E-state index contributed by atoms with van der Waals surface area (Å²) >= 11 is 6.10. The number of hydrogen-bond acceptors (Lipinski definition) is 4. The molecule has 0 aromatic heterocycles. The lowest BCUT2D eigenvalue weighted by Gasteiger charge is -2.26. The number of methoxy groups -OCH3 is 2. The van der Waals surface area contributed by atoms with Crippen molar-refractivity contribution < 1.29 is 14.3 Å². The number of amides is 1. The number of nitrogens with one attached hydrogen (secondary N) is 1. The Kier molecular flexibility index (Phi) is 7.26. The molecule has 1 aromatic carbocycles. The van der Waals surface area contributed by atoms with Crippen molar-refractivity contribution in [3.8, 4) is 11.5 Å². The number of ether oxygens (including phenoxy) is 2. The van der Waals surface area contributed by atoms with E-state index in [-0.39, 0.29) is 30.3 Å². The molecule has 1 amide bonds. The second kappa shape index (κ2) is 8.46. The normalized spacial score (nSPS) is 20.7. The maximum absolute atomic E-state index is 12.4. The van der Waals surface area contributed by atoms with Gasteiger partial charge in [0.05, 0.1) is 24.9 Å². The lowest BCUT2D eigenvalue weighted by molar-refractivity contribution is -0.120. The zero-order valence-electron chi connectivity index (χ0n) is 12.7. The summed E-state index contributed by atoms with van der Waals surface area (Å²) in [5.74, 6) is 0.930. The summed E-state index contributed by atoms with van der Waals surface area (Å²) in [5, 5.41) is 3.31. The molecule has 22 heavy (non-hydrogen) atoms. The molecule has 0 aliphatic heterocycles. The Hall–Kier alpha value is -1.17. The fourth-order valence-electron chi connectivity index (χ4n) is 2.66. The number of hydrogen-bond donors (Lipinski definition) is 2. The molecule has 124 valence electrons. The fraction of sp³-hybridized carbons (Fsp3) is 0.533. The molecule has 0 saturated heterocycles. The largest absolute Gasteiger partial charge is 0.495 e. The van der Waals surface area contributed by atoms with Gasteiger partial charge in [0.1, 0.15) is 11.5 Å². The predicted molar refractivity (Wildman–Crippen MR) is 90.4 cm³/mol. The van der Waals surface area contributed by atoms with Gasteiger partial charge < -0.3 is 20.5 Å². The maximum Gasteiger partial charge on any atom is 0.227 e. The lowest BCUT2D eigenvalue weighted by Crippen LogP contribution is -2.34. The number of halogens is 2. The molecule has 3 N–H and O–H groups in total. The molecule has 0 bridgehead atoms. The highest BCUT2D eigenvalue weighted by Gasteiger charge is 2.26. The molecule has 7 heteroatoms. The van der Waals surface area contributed by atoms with E-state index in [9.17, 15) is 4.79 Å². The summed E-state index contributed by atoms with van der Waals surface area (Å²) < 4.78 is 10.4. The van der Waals surface area contributed by atoms with Gasteiger partial charge in [-0.05, 0) is 25.3 Å². The standard InChI is InChI=1S/C15H21ClN2O3.ClH/c1-20-13-8-14(21-2)12(7-11(13)16)18-15(19)9-4-3-5-10(17)6-9;/h7-10H,3-6,17H2,1-2H3,(H,18,19);1H. The van der Waals surface area contributed by atoms with Gasteiger partial charge in [0.15, 0.2) is 0 Å². The first kappa shape index (κ1) is 18.9. The van der Waals surface area contributed by atoms with E-state index in [4.69, 9.17) is 26.8 Å². The SMILES string of the molecule is COc1cc(OC)c(NC(=O)C2CCCC(N)C2)cc1Cl.Cl. The van der Waals surface area contributed by atoms with Crippen LogP contribution in [0.1, 0.15) is 25.7 Å². The molecule has 2 unspecified atom stereocenters. The molecule has 0 heterocycles. The van der Waals surface area contributed by atoms with Crippen LogP contribution in [0.25, 0.3) is 0 Å². The van der Waals surface area contributed by atoms with Crippen molar-refractivity contribution in [3.63, 3.8) is 0 Å². The van der Waals surface area contributed by atoms with Gasteiger partial charge in [-0.25, -0.2) is 0 Å². The van der Waals surface area contributed by atoms with Gasteiger partial charge in [-0.3, -0.25) is 4.79 Å². The molecule has 1 fully saturated rings. The first-order chi connectivity index (χ1) is 10.0. The van der Waals surface area contributed by atoms with Crippen molar-refractivity contribution in [2.45, 2.75) is 31.7 Å². The van der Waals surface area contributed by atoms with Crippen molar-refractivity contribution in [1.29, 1.82) is 0 Å². The van der Waals surface area contributed by atoms with E-state index in [0.717, 1.165) is 25.7 Å². The van der Waals surface area contributed by atoms with Crippen molar-refractivity contribution >= 4 is 35.6 Å². The van der Waals surface area contributed by atoms with Crippen LogP contribution < -0.4 is 20.5 Å². The number of rotatable bonds is 4. The molecule has 2 atom stereocenters. The summed E-state index contributed by atoms with van der Waals surface area (Å²) in [7, 11) is 3.07. The molecule has 0 spiro atoms. The van der Waals surface area contributed by atoms with E-state index < -0.39 is 0 Å². The zero-order chi connectivity index (χ0) is 15.4. The molecule has 1 aliphatic carbocycles. The third kappa shape index (κ3) is 4.41. The minimum absolute atomic E-state index is 0. The van der Waals surface area contributed by atoms with Gasteiger partial charge in [-0.1, -0.05) is 18.0 Å². The second-order valence-electron chi connectivity index (χ2n) is 5.30. The Morgan fingerprint density at radius 1 is 1.27 bits per heavy atom. The van der Waals surface area contributed by atoms with Crippen molar-refractivity contribution in [2.24, 2.45) is 11.7 Å². The Balaban J connectivity index is 0.00000242.